The van der Waals surface area contributed by atoms with Crippen LogP contribution in [0.5, 0.6) is 0 Å². The Morgan fingerprint density at radius 1 is 0.805 bits per heavy atom. The second-order valence-corrected chi connectivity index (χ2v) is 11.0. The summed E-state index contributed by atoms with van der Waals surface area (Å²) in [6, 6.07) is 6.17. The van der Waals surface area contributed by atoms with Gasteiger partial charge in [-0.3, -0.25) is 5.01 Å². The first-order chi connectivity index (χ1) is 18.8. The molecule has 16 heteroatoms. The second-order valence-electron chi connectivity index (χ2n) is 9.08. The summed E-state index contributed by atoms with van der Waals surface area (Å²) in [6.07, 6.45) is -13.2. The third-order valence-corrected chi connectivity index (χ3v) is 7.43. The van der Waals surface area contributed by atoms with E-state index in [9.17, 15) is 57.4 Å². The van der Waals surface area contributed by atoms with Gasteiger partial charge in [-0.15, -0.1) is 0 Å². The van der Waals surface area contributed by atoms with Crippen molar-refractivity contribution >= 4 is 21.2 Å². The maximum absolute atomic E-state index is 14.6. The van der Waals surface area contributed by atoms with E-state index in [0.717, 1.165) is 18.2 Å². The number of rotatable bonds is 5. The van der Waals surface area contributed by atoms with Crippen LogP contribution in [0.1, 0.15) is 18.0 Å². The quantitative estimate of drug-likeness (QED) is 0.335. The largest absolute Gasteiger partial charge is 0.431 e. The molecule has 1 unspecified atom stereocenters. The minimum atomic E-state index is -6.28. The van der Waals surface area contributed by atoms with Crippen molar-refractivity contribution in [1.29, 1.82) is 0 Å². The van der Waals surface area contributed by atoms with Crippen molar-refractivity contribution in [2.24, 2.45) is 5.10 Å². The van der Waals surface area contributed by atoms with Crippen molar-refractivity contribution in [3.05, 3.63) is 83.4 Å². The lowest BCUT2D eigenvalue weighted by Crippen LogP contribution is -2.62. The fourth-order valence-corrected chi connectivity index (χ4v) is 5.17. The van der Waals surface area contributed by atoms with Crippen molar-refractivity contribution in [3.8, 4) is 11.1 Å². The third-order valence-electron chi connectivity index (χ3n) is 6.30. The third kappa shape index (κ3) is 5.37. The molecule has 0 spiro atoms. The zero-order chi connectivity index (χ0) is 30.7. The van der Waals surface area contributed by atoms with Gasteiger partial charge in [0.2, 0.25) is 0 Å². The lowest BCUT2D eigenvalue weighted by Gasteiger charge is -2.32. The number of hydrogen-bond donors (Lipinski definition) is 1. The van der Waals surface area contributed by atoms with Crippen molar-refractivity contribution in [2.75, 3.05) is 11.3 Å². The highest BCUT2D eigenvalue weighted by Crippen LogP contribution is 2.49. The lowest BCUT2D eigenvalue weighted by molar-refractivity contribution is -0.338. The molecule has 41 heavy (non-hydrogen) atoms. The van der Waals surface area contributed by atoms with Crippen LogP contribution in [-0.4, -0.2) is 43.4 Å². The number of halogens is 10. The van der Waals surface area contributed by atoms with E-state index >= 15 is 0 Å². The van der Waals surface area contributed by atoms with Crippen molar-refractivity contribution < 1.29 is 57.4 Å². The molecule has 3 aromatic rings. The van der Waals surface area contributed by atoms with E-state index in [4.69, 9.17) is 0 Å². The number of sulfone groups is 1. The van der Waals surface area contributed by atoms with Crippen LogP contribution >= 0.6 is 0 Å². The van der Waals surface area contributed by atoms with Gasteiger partial charge in [-0.1, -0.05) is 24.3 Å². The topological polar surface area (TPSA) is 70.0 Å². The number of nitrogens with zero attached hydrogens (tertiary/aromatic N) is 2. The number of alkyl halides is 6. The van der Waals surface area contributed by atoms with E-state index < -0.39 is 79.8 Å². The molecule has 0 amide bonds. The molecule has 0 bridgehead atoms. The molecule has 4 rings (SSSR count). The summed E-state index contributed by atoms with van der Waals surface area (Å²) < 4.78 is 161. The van der Waals surface area contributed by atoms with Gasteiger partial charge in [-0.2, -0.15) is 31.4 Å². The van der Waals surface area contributed by atoms with Gasteiger partial charge in [-0.25, -0.2) is 26.0 Å². The van der Waals surface area contributed by atoms with Crippen LogP contribution < -0.4 is 5.01 Å². The van der Waals surface area contributed by atoms with E-state index in [1.54, 1.807) is 0 Å². The molecule has 0 saturated carbocycles. The van der Waals surface area contributed by atoms with Crippen molar-refractivity contribution in [3.63, 3.8) is 0 Å². The average Bonchev–Trinajstić information content (AvgIpc) is 3.26. The smallest absolute Gasteiger partial charge is 0.369 e. The first kappa shape index (κ1) is 30.3. The second kappa shape index (κ2) is 10.0. The van der Waals surface area contributed by atoms with Gasteiger partial charge in [0.1, 0.15) is 22.3 Å². The zero-order valence-electron chi connectivity index (χ0n) is 20.3. The normalized spacial score (nSPS) is 16.7. The van der Waals surface area contributed by atoms with E-state index in [1.807, 2.05) is 0 Å². The van der Waals surface area contributed by atoms with Crippen molar-refractivity contribution in [2.45, 2.75) is 35.3 Å². The summed E-state index contributed by atoms with van der Waals surface area (Å²) in [5.41, 5.74) is -8.09. The summed E-state index contributed by atoms with van der Waals surface area (Å²) in [7, 11) is -4.26. The molecule has 0 aromatic heterocycles. The van der Waals surface area contributed by atoms with Crippen LogP contribution in [0.15, 0.2) is 64.6 Å². The van der Waals surface area contributed by atoms with Gasteiger partial charge in [0.15, 0.2) is 15.7 Å². The summed E-state index contributed by atoms with van der Waals surface area (Å²) >= 11 is 0. The average molecular weight is 614 g/mol. The molecular formula is C25H16F10N2O3S. The molecule has 1 aliphatic rings. The Bertz CT molecular complexity index is 1600. The van der Waals surface area contributed by atoms with Crippen LogP contribution in [-0.2, 0) is 9.84 Å². The highest BCUT2D eigenvalue weighted by atomic mass is 32.2. The fourth-order valence-electron chi connectivity index (χ4n) is 4.34. The molecule has 1 aliphatic heterocycles. The highest BCUT2D eigenvalue weighted by molar-refractivity contribution is 7.90. The zero-order valence-corrected chi connectivity index (χ0v) is 21.1. The maximum Gasteiger partial charge on any atom is 0.431 e. The van der Waals surface area contributed by atoms with Gasteiger partial charge in [0.05, 0.1) is 17.4 Å². The highest BCUT2D eigenvalue weighted by Gasteiger charge is 2.74. The Balaban J connectivity index is 1.80. The van der Waals surface area contributed by atoms with E-state index in [-0.39, 0.29) is 16.7 Å². The van der Waals surface area contributed by atoms with Gasteiger partial charge >= 0.3 is 12.4 Å². The molecule has 5 nitrogen and oxygen atoms in total. The number of hydrogen-bond acceptors (Lipinski definition) is 5. The number of hydrazone groups is 1. The monoisotopic (exact) mass is 614 g/mol. The van der Waals surface area contributed by atoms with Crippen LogP contribution in [0.3, 0.4) is 0 Å². The van der Waals surface area contributed by atoms with E-state index in [1.165, 1.54) is 12.1 Å². The standard InChI is InChI=1S/C25H16F10N2O3S/c1-41(39,40)22-17(28)8-14(9-18(22)29)12-2-4-13(5-3-12)20-11-21(23(38,24(30,31)32)25(33,34)35)36-37(20)19-7-6-15(26)10-16(19)27/h2-10,20,38H,11H2,1H3. The van der Waals surface area contributed by atoms with Gasteiger partial charge in [0.25, 0.3) is 5.60 Å². The molecule has 1 N–H and O–H groups in total. The molecule has 0 fully saturated rings. The minimum Gasteiger partial charge on any atom is -0.369 e. The first-order valence-electron chi connectivity index (χ1n) is 11.2. The van der Waals surface area contributed by atoms with Gasteiger partial charge in [0, 0.05) is 18.7 Å². The Kier molecular flexibility index (Phi) is 7.40. The molecule has 220 valence electrons. The molecular weight excluding hydrogens is 598 g/mol. The molecule has 0 aliphatic carbocycles. The predicted octanol–water partition coefficient (Wildman–Crippen LogP) is 6.48. The van der Waals surface area contributed by atoms with Gasteiger partial charge < -0.3 is 5.11 Å². The lowest BCUT2D eigenvalue weighted by atomic mass is 9.89. The Morgan fingerprint density at radius 2 is 1.34 bits per heavy atom. The minimum absolute atomic E-state index is 0.0624. The van der Waals surface area contributed by atoms with Crippen LogP contribution in [0.4, 0.5) is 49.6 Å². The number of benzene rings is 3. The molecule has 3 aromatic carbocycles. The van der Waals surface area contributed by atoms with Crippen LogP contribution in [0, 0.1) is 23.3 Å². The van der Waals surface area contributed by atoms with Crippen molar-refractivity contribution in [1.82, 2.24) is 0 Å². The number of aliphatic hydroxyl groups is 1. The van der Waals surface area contributed by atoms with E-state index in [2.05, 4.69) is 5.10 Å². The molecule has 1 heterocycles. The summed E-state index contributed by atoms with van der Waals surface area (Å²) in [5.74, 6) is -5.29. The molecule has 0 saturated heterocycles. The van der Waals surface area contributed by atoms with Crippen LogP contribution in [0.25, 0.3) is 11.1 Å². The number of anilines is 1. The maximum atomic E-state index is 14.6. The fraction of sp³-hybridized carbons (Fsp3) is 0.240. The van der Waals surface area contributed by atoms with E-state index in [0.29, 0.717) is 35.5 Å². The SMILES string of the molecule is CS(=O)(=O)c1c(F)cc(-c2ccc(C3CC(C(O)(C(F)(F)F)C(F)(F)F)=NN3c3ccc(F)cc3F)cc2)cc1F. The summed E-state index contributed by atoms with van der Waals surface area (Å²) in [5, 5.41) is 13.6. The Labute approximate surface area is 225 Å². The summed E-state index contributed by atoms with van der Waals surface area (Å²) in [4.78, 5) is -1.17. The first-order valence-corrected chi connectivity index (χ1v) is 13.1. The Morgan fingerprint density at radius 3 is 1.80 bits per heavy atom. The summed E-state index contributed by atoms with van der Waals surface area (Å²) in [6.45, 7) is 0. The predicted molar refractivity (Wildman–Crippen MR) is 126 cm³/mol. The van der Waals surface area contributed by atoms with Crippen LogP contribution in [0.2, 0.25) is 0 Å². The molecule has 1 atom stereocenters. The molecule has 0 radical (unpaired) electrons. The van der Waals surface area contributed by atoms with Gasteiger partial charge in [-0.05, 0) is 41.0 Å². The Hall–Kier alpha value is -3.66.